The van der Waals surface area contributed by atoms with E-state index < -0.39 is 11.6 Å². The molecule has 1 aromatic carbocycles. The monoisotopic (exact) mass is 257 g/mol. The topological polar surface area (TPSA) is 47.9 Å². The first-order valence-corrected chi connectivity index (χ1v) is 4.88. The fourth-order valence-electron chi connectivity index (χ4n) is 1.25. The Balaban J connectivity index is 2.56. The summed E-state index contributed by atoms with van der Waals surface area (Å²) in [5.74, 6) is -1.71. The van der Waals surface area contributed by atoms with Crippen LogP contribution in [0.4, 0.5) is 8.78 Å². The minimum absolute atomic E-state index is 0.0469. The molecule has 0 radical (unpaired) electrons. The number of methoxy groups -OCH3 is 1. The molecule has 4 nitrogen and oxygen atoms in total. The van der Waals surface area contributed by atoms with Crippen LogP contribution in [0.1, 0.15) is 0 Å². The van der Waals surface area contributed by atoms with Gasteiger partial charge in [-0.25, -0.2) is 13.8 Å². The molecule has 2 aromatic rings. The van der Waals surface area contributed by atoms with E-state index in [1.807, 2.05) is 0 Å². The fourth-order valence-corrected chi connectivity index (χ4v) is 1.38. The zero-order chi connectivity index (χ0) is 12.4. The summed E-state index contributed by atoms with van der Waals surface area (Å²) in [6.07, 6.45) is 1.20. The lowest BCUT2D eigenvalue weighted by Crippen LogP contribution is -1.97. The number of nitrogens with zero attached hydrogens (tertiary/aromatic N) is 3. The highest BCUT2D eigenvalue weighted by Gasteiger charge is 2.14. The molecule has 88 valence electrons. The van der Waals surface area contributed by atoms with Crippen molar-refractivity contribution in [1.82, 2.24) is 15.2 Å². The number of ether oxygens (including phenoxy) is 1. The van der Waals surface area contributed by atoms with Crippen LogP contribution in [0.15, 0.2) is 18.3 Å². The van der Waals surface area contributed by atoms with Crippen LogP contribution in [-0.2, 0) is 0 Å². The van der Waals surface area contributed by atoms with E-state index in [-0.39, 0.29) is 22.3 Å². The van der Waals surface area contributed by atoms with Gasteiger partial charge in [-0.2, -0.15) is 5.10 Å². The zero-order valence-corrected chi connectivity index (χ0v) is 9.37. The number of benzene rings is 1. The van der Waals surface area contributed by atoms with Gasteiger partial charge >= 0.3 is 0 Å². The Morgan fingerprint density at radius 2 is 2.00 bits per heavy atom. The van der Waals surface area contributed by atoms with Crippen molar-refractivity contribution < 1.29 is 13.5 Å². The second-order valence-electron chi connectivity index (χ2n) is 3.07. The second kappa shape index (κ2) is 4.58. The summed E-state index contributed by atoms with van der Waals surface area (Å²) in [6, 6.07) is 1.84. The van der Waals surface area contributed by atoms with Crippen molar-refractivity contribution >= 4 is 11.6 Å². The van der Waals surface area contributed by atoms with E-state index in [0.717, 1.165) is 12.1 Å². The molecule has 17 heavy (non-hydrogen) atoms. The summed E-state index contributed by atoms with van der Waals surface area (Å²) >= 11 is 5.59. The van der Waals surface area contributed by atoms with Gasteiger partial charge in [0.2, 0.25) is 0 Å². The van der Waals surface area contributed by atoms with E-state index in [4.69, 9.17) is 11.6 Å². The van der Waals surface area contributed by atoms with Crippen LogP contribution in [0, 0.1) is 11.6 Å². The second-order valence-corrected chi connectivity index (χ2v) is 3.46. The zero-order valence-electron chi connectivity index (χ0n) is 8.62. The Bertz CT molecular complexity index is 565. The van der Waals surface area contributed by atoms with Gasteiger partial charge in [0.1, 0.15) is 5.82 Å². The lowest BCUT2D eigenvalue weighted by Gasteiger charge is -2.05. The molecule has 0 atom stereocenters. The Hall–Kier alpha value is -1.82. The van der Waals surface area contributed by atoms with Crippen LogP contribution >= 0.6 is 11.6 Å². The summed E-state index contributed by atoms with van der Waals surface area (Å²) in [5.41, 5.74) is -0.127. The third-order valence-electron chi connectivity index (χ3n) is 2.01. The highest BCUT2D eigenvalue weighted by molar-refractivity contribution is 6.29. The summed E-state index contributed by atoms with van der Waals surface area (Å²) in [4.78, 5) is 3.75. The molecule has 0 saturated carbocycles. The van der Waals surface area contributed by atoms with Gasteiger partial charge in [-0.05, 0) is 6.07 Å². The molecule has 0 amide bonds. The van der Waals surface area contributed by atoms with E-state index in [9.17, 15) is 8.78 Å². The maximum Gasteiger partial charge on any atom is 0.186 e. The molecular weight excluding hydrogens is 252 g/mol. The number of halogens is 3. The molecule has 7 heteroatoms. The number of rotatable bonds is 2. The van der Waals surface area contributed by atoms with Crippen molar-refractivity contribution in [1.29, 1.82) is 0 Å². The van der Waals surface area contributed by atoms with E-state index in [1.54, 1.807) is 0 Å². The van der Waals surface area contributed by atoms with E-state index >= 15 is 0 Å². The normalized spacial score (nSPS) is 10.4. The molecule has 1 aromatic heterocycles. The summed E-state index contributed by atoms with van der Waals surface area (Å²) in [7, 11) is 1.25. The van der Waals surface area contributed by atoms with Crippen LogP contribution in [0.25, 0.3) is 11.4 Å². The highest BCUT2D eigenvalue weighted by atomic mass is 35.5. The van der Waals surface area contributed by atoms with Gasteiger partial charge in [-0.1, -0.05) is 11.6 Å². The van der Waals surface area contributed by atoms with Gasteiger partial charge in [0.05, 0.1) is 18.9 Å². The predicted molar refractivity (Wildman–Crippen MR) is 56.7 cm³/mol. The summed E-state index contributed by atoms with van der Waals surface area (Å²) in [6.45, 7) is 0. The van der Waals surface area contributed by atoms with Gasteiger partial charge in [0.15, 0.2) is 22.5 Å². The SMILES string of the molecule is COc1cc(F)c(-c2nncc(Cl)n2)cc1F. The fraction of sp³-hybridized carbons (Fsp3) is 0.100. The lowest BCUT2D eigenvalue weighted by atomic mass is 10.2. The van der Waals surface area contributed by atoms with Crippen molar-refractivity contribution in [2.24, 2.45) is 0 Å². The Kier molecular flexibility index (Phi) is 3.14. The third kappa shape index (κ3) is 2.31. The minimum Gasteiger partial charge on any atom is -0.494 e. The summed E-state index contributed by atoms with van der Waals surface area (Å²) in [5, 5.41) is 7.13. The predicted octanol–water partition coefficient (Wildman–Crippen LogP) is 2.48. The van der Waals surface area contributed by atoms with Gasteiger partial charge in [-0.3, -0.25) is 0 Å². The molecule has 0 spiro atoms. The molecule has 0 aliphatic heterocycles. The third-order valence-corrected chi connectivity index (χ3v) is 2.19. The maximum absolute atomic E-state index is 13.6. The maximum atomic E-state index is 13.6. The number of hydrogen-bond donors (Lipinski definition) is 0. The average Bonchev–Trinajstić information content (AvgIpc) is 2.31. The Morgan fingerprint density at radius 3 is 2.65 bits per heavy atom. The molecule has 1 heterocycles. The van der Waals surface area contributed by atoms with Gasteiger partial charge in [0.25, 0.3) is 0 Å². The van der Waals surface area contributed by atoms with Crippen LogP contribution in [0.2, 0.25) is 5.15 Å². The van der Waals surface area contributed by atoms with Crippen LogP contribution < -0.4 is 4.74 Å². The van der Waals surface area contributed by atoms with E-state index in [2.05, 4.69) is 19.9 Å². The van der Waals surface area contributed by atoms with Crippen molar-refractivity contribution in [3.05, 3.63) is 35.1 Å². The van der Waals surface area contributed by atoms with Gasteiger partial charge < -0.3 is 4.74 Å². The van der Waals surface area contributed by atoms with E-state index in [1.165, 1.54) is 13.3 Å². The van der Waals surface area contributed by atoms with Crippen molar-refractivity contribution in [2.75, 3.05) is 7.11 Å². The van der Waals surface area contributed by atoms with E-state index in [0.29, 0.717) is 0 Å². The molecule has 0 bridgehead atoms. The smallest absolute Gasteiger partial charge is 0.186 e. The number of hydrogen-bond acceptors (Lipinski definition) is 4. The molecule has 0 aliphatic carbocycles. The molecule has 0 fully saturated rings. The van der Waals surface area contributed by atoms with Gasteiger partial charge in [0, 0.05) is 6.07 Å². The first kappa shape index (κ1) is 11.7. The molecule has 0 unspecified atom stereocenters. The molecule has 0 saturated heterocycles. The standard InChI is InChI=1S/C10H6ClF2N3O/c1-17-8-3-6(12)5(2-7(8)13)10-15-9(11)4-14-16-10/h2-4H,1H3. The largest absolute Gasteiger partial charge is 0.494 e. The summed E-state index contributed by atoms with van der Waals surface area (Å²) < 4.78 is 31.7. The van der Waals surface area contributed by atoms with Crippen molar-refractivity contribution in [3.8, 4) is 17.1 Å². The van der Waals surface area contributed by atoms with Crippen LogP contribution in [0.3, 0.4) is 0 Å². The van der Waals surface area contributed by atoms with Crippen LogP contribution in [0.5, 0.6) is 5.75 Å². The first-order valence-electron chi connectivity index (χ1n) is 4.50. The van der Waals surface area contributed by atoms with Crippen molar-refractivity contribution in [2.45, 2.75) is 0 Å². The number of aromatic nitrogens is 3. The Morgan fingerprint density at radius 1 is 1.24 bits per heavy atom. The molecule has 0 N–H and O–H groups in total. The minimum atomic E-state index is -0.715. The quantitative estimate of drug-likeness (QED) is 0.829. The first-order chi connectivity index (χ1) is 8.11. The van der Waals surface area contributed by atoms with Crippen molar-refractivity contribution in [3.63, 3.8) is 0 Å². The molecule has 2 rings (SSSR count). The van der Waals surface area contributed by atoms with Crippen LogP contribution in [-0.4, -0.2) is 22.3 Å². The molecular formula is C10H6ClF2N3O. The van der Waals surface area contributed by atoms with Gasteiger partial charge in [-0.15, -0.1) is 5.10 Å². The average molecular weight is 258 g/mol. The highest BCUT2D eigenvalue weighted by Crippen LogP contribution is 2.26. The molecule has 0 aliphatic rings. The Labute approximate surface area is 100 Å². The lowest BCUT2D eigenvalue weighted by molar-refractivity contribution is 0.383.